The molecule has 0 radical (unpaired) electrons. The molecule has 6 nitrogen and oxygen atoms in total. The highest BCUT2D eigenvalue weighted by atomic mass is 16.5. The third kappa shape index (κ3) is 3.59. The van der Waals surface area contributed by atoms with Crippen molar-refractivity contribution >= 4 is 29.0 Å². The summed E-state index contributed by atoms with van der Waals surface area (Å²) < 4.78 is 5.59. The van der Waals surface area contributed by atoms with Crippen molar-refractivity contribution in [3.63, 3.8) is 0 Å². The van der Waals surface area contributed by atoms with E-state index in [1.807, 2.05) is 19.1 Å². The molecule has 26 heavy (non-hydrogen) atoms. The normalized spacial score (nSPS) is 15.9. The van der Waals surface area contributed by atoms with E-state index in [9.17, 15) is 14.4 Å². The quantitative estimate of drug-likeness (QED) is 0.859. The Hall–Kier alpha value is -3.15. The molecule has 0 aliphatic carbocycles. The monoisotopic (exact) mass is 352 g/mol. The first-order chi connectivity index (χ1) is 12.3. The van der Waals surface area contributed by atoms with Gasteiger partial charge in [0.05, 0.1) is 5.69 Å². The van der Waals surface area contributed by atoms with E-state index in [4.69, 9.17) is 4.74 Å². The Kier molecular flexibility index (Phi) is 4.75. The molecular weight excluding hydrogens is 332 g/mol. The number of Topliss-reactive ketones (excluding diaryl/α,β-unsaturated/α-hetero) is 1. The molecule has 6 heteroatoms. The smallest absolute Gasteiger partial charge is 0.268 e. The van der Waals surface area contributed by atoms with Crippen LogP contribution < -0.4 is 15.0 Å². The molecule has 0 fully saturated rings. The Balaban J connectivity index is 1.85. The molecule has 0 spiro atoms. The lowest BCUT2D eigenvalue weighted by Crippen LogP contribution is -2.47. The highest BCUT2D eigenvalue weighted by Crippen LogP contribution is 2.35. The Morgan fingerprint density at radius 2 is 1.85 bits per heavy atom. The first-order valence-electron chi connectivity index (χ1n) is 8.34. The number of nitrogens with one attached hydrogen (secondary N) is 1. The molecule has 2 amide bonds. The molecule has 1 N–H and O–H groups in total. The molecule has 2 aromatic carbocycles. The number of ketones is 1. The number of hydrogen-bond acceptors (Lipinski definition) is 4. The number of carbonyl (C=O) groups excluding carboxylic acids is 3. The minimum atomic E-state index is -0.696. The van der Waals surface area contributed by atoms with Crippen LogP contribution in [-0.2, 0) is 9.59 Å². The SMILES string of the molecule is CC(=O)c1ccc2c(c1)N(CC(=O)Nc1ccc(C)cc1)C(=O)C(C)O2. The molecule has 0 saturated heterocycles. The maximum absolute atomic E-state index is 12.5. The fourth-order valence-electron chi connectivity index (χ4n) is 2.77. The molecule has 1 aliphatic heterocycles. The molecule has 134 valence electrons. The number of rotatable bonds is 4. The van der Waals surface area contributed by atoms with E-state index in [0.717, 1.165) is 5.56 Å². The second kappa shape index (κ2) is 7.00. The molecule has 0 bridgehead atoms. The second-order valence-corrected chi connectivity index (χ2v) is 6.34. The third-order valence-electron chi connectivity index (χ3n) is 4.21. The number of benzene rings is 2. The van der Waals surface area contributed by atoms with Crippen LogP contribution in [0.3, 0.4) is 0 Å². The van der Waals surface area contributed by atoms with E-state index in [0.29, 0.717) is 22.7 Å². The van der Waals surface area contributed by atoms with Crippen molar-refractivity contribution in [2.24, 2.45) is 0 Å². The van der Waals surface area contributed by atoms with Crippen LogP contribution in [0.25, 0.3) is 0 Å². The van der Waals surface area contributed by atoms with Crippen LogP contribution in [0.5, 0.6) is 5.75 Å². The summed E-state index contributed by atoms with van der Waals surface area (Å²) in [6.07, 6.45) is -0.696. The van der Waals surface area contributed by atoms with Gasteiger partial charge in [0, 0.05) is 11.3 Å². The van der Waals surface area contributed by atoms with E-state index in [1.54, 1.807) is 37.3 Å². The van der Waals surface area contributed by atoms with Crippen LogP contribution >= 0.6 is 0 Å². The van der Waals surface area contributed by atoms with Gasteiger partial charge in [-0.25, -0.2) is 0 Å². The number of nitrogens with zero attached hydrogens (tertiary/aromatic N) is 1. The van der Waals surface area contributed by atoms with Crippen molar-refractivity contribution in [2.75, 3.05) is 16.8 Å². The number of carbonyl (C=O) groups is 3. The van der Waals surface area contributed by atoms with Gasteiger partial charge >= 0.3 is 0 Å². The largest absolute Gasteiger partial charge is 0.479 e. The van der Waals surface area contributed by atoms with Crippen molar-refractivity contribution in [1.29, 1.82) is 0 Å². The lowest BCUT2D eigenvalue weighted by atomic mass is 10.1. The van der Waals surface area contributed by atoms with Crippen molar-refractivity contribution in [3.8, 4) is 5.75 Å². The maximum Gasteiger partial charge on any atom is 0.268 e. The van der Waals surface area contributed by atoms with Crippen LogP contribution in [0.4, 0.5) is 11.4 Å². The van der Waals surface area contributed by atoms with Crippen molar-refractivity contribution in [1.82, 2.24) is 0 Å². The lowest BCUT2D eigenvalue weighted by Gasteiger charge is -2.32. The van der Waals surface area contributed by atoms with Gasteiger partial charge in [0.15, 0.2) is 11.9 Å². The topological polar surface area (TPSA) is 75.7 Å². The molecule has 0 aromatic heterocycles. The Bertz CT molecular complexity index is 874. The zero-order valence-corrected chi connectivity index (χ0v) is 14.9. The predicted molar refractivity (Wildman–Crippen MR) is 98.7 cm³/mol. The summed E-state index contributed by atoms with van der Waals surface area (Å²) in [5.74, 6) is -0.291. The van der Waals surface area contributed by atoms with Crippen molar-refractivity contribution < 1.29 is 19.1 Å². The zero-order chi connectivity index (χ0) is 18.8. The summed E-state index contributed by atoms with van der Waals surface area (Å²) in [7, 11) is 0. The van der Waals surface area contributed by atoms with Gasteiger partial charge in [0.2, 0.25) is 5.91 Å². The van der Waals surface area contributed by atoms with Gasteiger partial charge in [-0.15, -0.1) is 0 Å². The number of aryl methyl sites for hydroxylation is 1. The minimum Gasteiger partial charge on any atom is -0.479 e. The summed E-state index contributed by atoms with van der Waals surface area (Å²) in [5, 5.41) is 2.78. The second-order valence-electron chi connectivity index (χ2n) is 6.34. The van der Waals surface area contributed by atoms with E-state index < -0.39 is 6.10 Å². The molecule has 3 rings (SSSR count). The van der Waals surface area contributed by atoms with Gasteiger partial charge in [0.25, 0.3) is 5.91 Å². The van der Waals surface area contributed by atoms with E-state index in [2.05, 4.69) is 5.32 Å². The number of fused-ring (bicyclic) bond motifs is 1. The van der Waals surface area contributed by atoms with E-state index >= 15 is 0 Å². The van der Waals surface area contributed by atoms with Gasteiger partial charge in [0.1, 0.15) is 12.3 Å². The lowest BCUT2D eigenvalue weighted by molar-refractivity contribution is -0.127. The van der Waals surface area contributed by atoms with Crippen LogP contribution in [0.2, 0.25) is 0 Å². The van der Waals surface area contributed by atoms with E-state index in [-0.39, 0.29) is 24.1 Å². The highest BCUT2D eigenvalue weighted by molar-refractivity contribution is 6.07. The summed E-state index contributed by atoms with van der Waals surface area (Å²) >= 11 is 0. The molecule has 0 saturated carbocycles. The highest BCUT2D eigenvalue weighted by Gasteiger charge is 2.33. The number of hydrogen-bond donors (Lipinski definition) is 1. The first kappa shape index (κ1) is 17.7. The van der Waals surface area contributed by atoms with Crippen LogP contribution in [0.15, 0.2) is 42.5 Å². The fraction of sp³-hybridized carbons (Fsp3) is 0.250. The third-order valence-corrected chi connectivity index (χ3v) is 4.21. The zero-order valence-electron chi connectivity index (χ0n) is 14.9. The average molecular weight is 352 g/mol. The Labute approximate surface area is 151 Å². The Morgan fingerprint density at radius 1 is 1.15 bits per heavy atom. The molecular formula is C20H20N2O4. The van der Waals surface area contributed by atoms with E-state index in [1.165, 1.54) is 11.8 Å². The standard InChI is InChI=1S/C20H20N2O4/c1-12-4-7-16(8-5-12)21-19(24)11-22-17-10-15(13(2)23)6-9-18(17)26-14(3)20(22)25/h4-10,14H,11H2,1-3H3,(H,21,24). The first-order valence-corrected chi connectivity index (χ1v) is 8.34. The summed E-state index contributed by atoms with van der Waals surface area (Å²) in [6.45, 7) is 4.89. The van der Waals surface area contributed by atoms with Crippen LogP contribution in [0.1, 0.15) is 29.8 Å². The molecule has 1 heterocycles. The summed E-state index contributed by atoms with van der Waals surface area (Å²) in [5.41, 5.74) is 2.64. The molecule has 1 atom stereocenters. The van der Waals surface area contributed by atoms with Crippen molar-refractivity contribution in [3.05, 3.63) is 53.6 Å². The van der Waals surface area contributed by atoms with Gasteiger partial charge in [-0.1, -0.05) is 17.7 Å². The van der Waals surface area contributed by atoms with Gasteiger partial charge in [-0.2, -0.15) is 0 Å². The summed E-state index contributed by atoms with van der Waals surface area (Å²) in [4.78, 5) is 38.0. The van der Waals surface area contributed by atoms with Crippen LogP contribution in [0, 0.1) is 6.92 Å². The average Bonchev–Trinajstić information content (AvgIpc) is 2.60. The number of ether oxygens (including phenoxy) is 1. The van der Waals surface area contributed by atoms with Crippen LogP contribution in [-0.4, -0.2) is 30.2 Å². The van der Waals surface area contributed by atoms with Crippen molar-refractivity contribution in [2.45, 2.75) is 26.9 Å². The molecule has 2 aromatic rings. The maximum atomic E-state index is 12.5. The van der Waals surface area contributed by atoms with Gasteiger partial charge in [-0.05, 0) is 51.1 Å². The van der Waals surface area contributed by atoms with Gasteiger partial charge < -0.3 is 10.1 Å². The Morgan fingerprint density at radius 3 is 2.50 bits per heavy atom. The number of amides is 2. The predicted octanol–water partition coefficient (Wildman–Crippen LogP) is 2.95. The fourth-order valence-corrected chi connectivity index (χ4v) is 2.77. The molecule has 1 aliphatic rings. The number of anilines is 2. The van der Waals surface area contributed by atoms with Gasteiger partial charge in [-0.3, -0.25) is 19.3 Å². The summed E-state index contributed by atoms with van der Waals surface area (Å²) in [6, 6.07) is 12.3. The minimum absolute atomic E-state index is 0.122. The molecule has 1 unspecified atom stereocenters.